The first-order valence-electron chi connectivity index (χ1n) is 6.65. The van der Waals surface area contributed by atoms with E-state index in [1.165, 1.54) is 16.7 Å². The Kier molecular flexibility index (Phi) is 6.85. The van der Waals surface area contributed by atoms with Crippen molar-refractivity contribution in [1.82, 2.24) is 4.98 Å². The van der Waals surface area contributed by atoms with Gasteiger partial charge in [-0.2, -0.15) is 0 Å². The van der Waals surface area contributed by atoms with Crippen molar-refractivity contribution in [2.45, 2.75) is 17.5 Å². The maximum absolute atomic E-state index is 4.50. The van der Waals surface area contributed by atoms with Crippen molar-refractivity contribution in [2.75, 3.05) is 0 Å². The number of allylic oxidation sites excluding steroid dienone is 1. The number of hydrogen-bond acceptors (Lipinski definition) is 1. The average molecular weight is 396 g/mol. The number of fused-ring (bicyclic) bond motifs is 1. The Bertz CT molecular complexity index is 638. The summed E-state index contributed by atoms with van der Waals surface area (Å²) in [4.78, 5) is 4.50. The minimum Gasteiger partial charge on any atom is -1.00 e. The SMILES string of the molecule is CC(C)C1=Cc2c(-c3ccccn3)cccc2[CH]1[Zr+2].[Cl-].[Cl-]. The van der Waals surface area contributed by atoms with Crippen molar-refractivity contribution in [3.63, 3.8) is 0 Å². The van der Waals surface area contributed by atoms with Gasteiger partial charge in [0.2, 0.25) is 0 Å². The number of rotatable bonds is 2. The average Bonchev–Trinajstić information content (AvgIpc) is 2.78. The summed E-state index contributed by atoms with van der Waals surface area (Å²) in [5.74, 6) is 0.619. The molecule has 1 aliphatic rings. The summed E-state index contributed by atoms with van der Waals surface area (Å²) in [6.45, 7) is 4.57. The molecule has 0 bridgehead atoms. The van der Waals surface area contributed by atoms with Crippen LogP contribution in [-0.2, 0) is 24.7 Å². The van der Waals surface area contributed by atoms with Gasteiger partial charge in [-0.15, -0.1) is 0 Å². The Morgan fingerprint density at radius 2 is 1.81 bits per heavy atom. The van der Waals surface area contributed by atoms with Crippen LogP contribution in [-0.4, -0.2) is 4.98 Å². The summed E-state index contributed by atoms with van der Waals surface area (Å²) in [5.41, 5.74) is 6.76. The Balaban J connectivity index is 0.00000110. The Labute approximate surface area is 153 Å². The van der Waals surface area contributed by atoms with Gasteiger partial charge in [-0.1, -0.05) is 0 Å². The Morgan fingerprint density at radius 1 is 1.05 bits per heavy atom. The van der Waals surface area contributed by atoms with Crippen LogP contribution in [0.1, 0.15) is 28.6 Å². The summed E-state index contributed by atoms with van der Waals surface area (Å²) >= 11 is 1.58. The van der Waals surface area contributed by atoms with Gasteiger partial charge in [0.1, 0.15) is 0 Å². The molecule has 0 radical (unpaired) electrons. The molecular formula is C17H16Cl2NZr. The fourth-order valence-corrected chi connectivity index (χ4v) is 4.31. The molecule has 0 spiro atoms. The molecule has 1 aliphatic carbocycles. The molecule has 1 heterocycles. The van der Waals surface area contributed by atoms with E-state index >= 15 is 0 Å². The number of pyridine rings is 1. The molecule has 1 unspecified atom stereocenters. The topological polar surface area (TPSA) is 12.9 Å². The van der Waals surface area contributed by atoms with E-state index in [1.54, 1.807) is 30.3 Å². The van der Waals surface area contributed by atoms with Crippen LogP contribution in [0.5, 0.6) is 0 Å². The van der Waals surface area contributed by atoms with Gasteiger partial charge < -0.3 is 24.8 Å². The van der Waals surface area contributed by atoms with E-state index in [9.17, 15) is 0 Å². The number of halogens is 2. The molecule has 0 aliphatic heterocycles. The first-order chi connectivity index (χ1) is 9.18. The second-order valence-electron chi connectivity index (χ2n) is 5.26. The van der Waals surface area contributed by atoms with E-state index in [-0.39, 0.29) is 24.8 Å². The third-order valence-electron chi connectivity index (χ3n) is 3.70. The van der Waals surface area contributed by atoms with Gasteiger partial charge in [0.25, 0.3) is 0 Å². The largest absolute Gasteiger partial charge is 1.00 e. The van der Waals surface area contributed by atoms with Gasteiger partial charge in [0.15, 0.2) is 0 Å². The monoisotopic (exact) mass is 394 g/mol. The second kappa shape index (κ2) is 7.72. The van der Waals surface area contributed by atoms with Gasteiger partial charge in [-0.3, -0.25) is 0 Å². The summed E-state index contributed by atoms with van der Waals surface area (Å²) in [6.07, 6.45) is 4.26. The zero-order valence-electron chi connectivity index (χ0n) is 12.0. The minimum absolute atomic E-state index is 0. The van der Waals surface area contributed by atoms with Gasteiger partial charge in [0.05, 0.1) is 0 Å². The van der Waals surface area contributed by atoms with Crippen molar-refractivity contribution in [3.05, 3.63) is 59.3 Å². The van der Waals surface area contributed by atoms with E-state index < -0.39 is 0 Å². The maximum atomic E-state index is 4.50. The molecule has 21 heavy (non-hydrogen) atoms. The quantitative estimate of drug-likeness (QED) is 0.596. The zero-order valence-corrected chi connectivity index (χ0v) is 15.9. The molecule has 1 aromatic heterocycles. The van der Waals surface area contributed by atoms with Crippen molar-refractivity contribution in [2.24, 2.45) is 5.92 Å². The predicted molar refractivity (Wildman–Crippen MR) is 75.2 cm³/mol. The van der Waals surface area contributed by atoms with Gasteiger partial charge >= 0.3 is 130 Å². The number of aromatic nitrogens is 1. The summed E-state index contributed by atoms with van der Waals surface area (Å²) in [5, 5.41) is 0. The zero-order chi connectivity index (χ0) is 13.4. The van der Waals surface area contributed by atoms with E-state index in [4.69, 9.17) is 0 Å². The van der Waals surface area contributed by atoms with Crippen LogP contribution in [0.2, 0.25) is 0 Å². The van der Waals surface area contributed by atoms with E-state index in [0.29, 0.717) is 9.54 Å². The van der Waals surface area contributed by atoms with E-state index in [2.05, 4.69) is 55.2 Å². The molecule has 1 aromatic carbocycles. The van der Waals surface area contributed by atoms with Crippen molar-refractivity contribution in [1.29, 1.82) is 0 Å². The molecule has 4 heteroatoms. The smallest absolute Gasteiger partial charge is 1.00 e. The predicted octanol–water partition coefficient (Wildman–Crippen LogP) is -1.60. The van der Waals surface area contributed by atoms with Crippen molar-refractivity contribution in [3.8, 4) is 11.3 Å². The summed E-state index contributed by atoms with van der Waals surface area (Å²) in [6, 6.07) is 12.7. The molecule has 0 saturated heterocycles. The fourth-order valence-electron chi connectivity index (χ4n) is 2.67. The van der Waals surface area contributed by atoms with Crippen LogP contribution in [0.25, 0.3) is 17.3 Å². The van der Waals surface area contributed by atoms with Crippen LogP contribution < -0.4 is 24.8 Å². The second-order valence-corrected chi connectivity index (χ2v) is 6.67. The van der Waals surface area contributed by atoms with Gasteiger partial charge in [0, 0.05) is 0 Å². The first kappa shape index (κ1) is 18.6. The Hall–Kier alpha value is -0.427. The van der Waals surface area contributed by atoms with Crippen LogP contribution in [0.4, 0.5) is 0 Å². The minimum atomic E-state index is 0. The van der Waals surface area contributed by atoms with Gasteiger partial charge in [-0.05, 0) is 0 Å². The third kappa shape index (κ3) is 3.50. The molecule has 3 rings (SSSR count). The van der Waals surface area contributed by atoms with Crippen LogP contribution in [0.15, 0.2) is 48.2 Å². The van der Waals surface area contributed by atoms with Crippen LogP contribution >= 0.6 is 0 Å². The maximum Gasteiger partial charge on any atom is -1.00 e. The molecular weight excluding hydrogens is 380 g/mol. The number of benzene rings is 1. The standard InChI is InChI=1S/C17H16N.2ClH.Zr/c1-12(2)14-10-13-6-5-7-15(16(13)11-14)17-8-3-4-9-18-17;;;/h3-12H,1-2H3;2*1H;/q;;;+2/p-2. The molecule has 0 amide bonds. The molecule has 1 nitrogen and oxygen atoms in total. The normalized spacial score (nSPS) is 15.9. The van der Waals surface area contributed by atoms with Crippen molar-refractivity contribution >= 4 is 6.08 Å². The third-order valence-corrected chi connectivity index (χ3v) is 5.29. The summed E-state index contributed by atoms with van der Waals surface area (Å²) in [7, 11) is 0. The van der Waals surface area contributed by atoms with E-state index in [1.807, 2.05) is 12.3 Å². The molecule has 0 saturated carbocycles. The first-order valence-corrected chi connectivity index (χ1v) is 8.07. The molecule has 0 N–H and O–H groups in total. The van der Waals surface area contributed by atoms with Crippen LogP contribution in [0, 0.1) is 5.92 Å². The number of nitrogens with zero attached hydrogens (tertiary/aromatic N) is 1. The fraction of sp³-hybridized carbons (Fsp3) is 0.235. The molecule has 0 fully saturated rings. The van der Waals surface area contributed by atoms with E-state index in [0.717, 1.165) is 5.69 Å². The molecule has 107 valence electrons. The molecule has 1 atom stereocenters. The van der Waals surface area contributed by atoms with Gasteiger partial charge in [-0.25, -0.2) is 0 Å². The van der Waals surface area contributed by atoms with Crippen LogP contribution in [0.3, 0.4) is 0 Å². The molecule has 2 aromatic rings. The van der Waals surface area contributed by atoms with Crippen molar-refractivity contribution < 1.29 is 49.5 Å². The number of hydrogen-bond donors (Lipinski definition) is 0. The summed E-state index contributed by atoms with van der Waals surface area (Å²) < 4.78 is 0.617. The Morgan fingerprint density at radius 3 is 2.43 bits per heavy atom.